The second-order valence-corrected chi connectivity index (χ2v) is 2.97. The molecule has 11 heteroatoms. The van der Waals surface area contributed by atoms with Crippen molar-refractivity contribution < 1.29 is 91.8 Å². The van der Waals surface area contributed by atoms with Crippen LogP contribution < -0.4 is 51.4 Å². The van der Waals surface area contributed by atoms with Gasteiger partial charge in [0.05, 0.1) is 0 Å². The first-order valence-electron chi connectivity index (χ1n) is 2.04. The summed E-state index contributed by atoms with van der Waals surface area (Å²) in [6, 6.07) is 0. The summed E-state index contributed by atoms with van der Waals surface area (Å²) in [5, 5.41) is 0. The molecular weight excluding hydrogens is 257 g/mol. The first-order valence-corrected chi connectivity index (χ1v) is 3.45. The van der Waals surface area contributed by atoms with Crippen molar-refractivity contribution in [1.82, 2.24) is 0 Å². The predicted molar refractivity (Wildman–Crippen MR) is 23.2 cm³/mol. The molecule has 0 aliphatic heterocycles. The van der Waals surface area contributed by atoms with Crippen LogP contribution in [-0.4, -0.2) is 20.3 Å². The molecule has 0 unspecified atom stereocenters. The van der Waals surface area contributed by atoms with E-state index in [0.29, 0.717) is 0 Å². The zero-order chi connectivity index (χ0) is 10.2. The average Bonchev–Trinajstić information content (AvgIpc) is 1.52. The van der Waals surface area contributed by atoms with Crippen molar-refractivity contribution in [3.8, 4) is 0 Å². The van der Waals surface area contributed by atoms with Gasteiger partial charge < -0.3 is 1.43 Å². The number of hydrogen-bond acceptors (Lipinski definition) is 3. The second-order valence-electron chi connectivity index (χ2n) is 1.43. The third kappa shape index (κ3) is 6.25. The summed E-state index contributed by atoms with van der Waals surface area (Å²) in [6.45, 7) is 0. The molecular formula is C2HF6KO3S. The third-order valence-corrected chi connectivity index (χ3v) is 1.46. The van der Waals surface area contributed by atoms with E-state index in [-0.39, 0.29) is 52.8 Å². The minimum atomic E-state index is -6.58. The van der Waals surface area contributed by atoms with E-state index in [1.807, 2.05) is 4.18 Å². The zero-order valence-corrected chi connectivity index (χ0v) is 9.84. The SMILES string of the molecule is O=S(=O)(OC(F)(F)F)C(F)(F)F.[H-].[K+]. The molecule has 0 rings (SSSR count). The molecule has 0 N–H and O–H groups in total. The Bertz CT molecular complexity index is 255. The maximum absolute atomic E-state index is 11.2. The van der Waals surface area contributed by atoms with Gasteiger partial charge in [-0.2, -0.15) is 25.8 Å². The third-order valence-electron chi connectivity index (χ3n) is 0.488. The fraction of sp³-hybridized carbons (Fsp3) is 1.00. The standard InChI is InChI=1S/C2F6O3S.K.H/c3-1(4,5)11-12(9,10)2(6,7)8;;/q;+1;-1. The molecule has 0 aromatic carbocycles. The molecule has 0 saturated carbocycles. The number of hydrogen-bond donors (Lipinski definition) is 0. The molecule has 0 spiro atoms. The van der Waals surface area contributed by atoms with Crippen molar-refractivity contribution in [2.24, 2.45) is 0 Å². The number of alkyl halides is 6. The van der Waals surface area contributed by atoms with Gasteiger partial charge in [0.15, 0.2) is 0 Å². The van der Waals surface area contributed by atoms with E-state index in [0.717, 1.165) is 0 Å². The van der Waals surface area contributed by atoms with Crippen molar-refractivity contribution in [2.45, 2.75) is 11.9 Å². The van der Waals surface area contributed by atoms with E-state index in [4.69, 9.17) is 0 Å². The van der Waals surface area contributed by atoms with Crippen LogP contribution in [0.5, 0.6) is 0 Å². The van der Waals surface area contributed by atoms with Gasteiger partial charge in [0.2, 0.25) is 0 Å². The van der Waals surface area contributed by atoms with Crippen molar-refractivity contribution in [2.75, 3.05) is 0 Å². The van der Waals surface area contributed by atoms with E-state index in [9.17, 15) is 34.8 Å². The van der Waals surface area contributed by atoms with E-state index < -0.39 is 22.0 Å². The molecule has 13 heavy (non-hydrogen) atoms. The first kappa shape index (κ1) is 16.6. The Morgan fingerprint density at radius 3 is 1.38 bits per heavy atom. The fourth-order valence-electron chi connectivity index (χ4n) is 0.172. The van der Waals surface area contributed by atoms with Gasteiger partial charge in [-0.15, -0.1) is 13.2 Å². The van der Waals surface area contributed by atoms with Gasteiger partial charge in [0.1, 0.15) is 0 Å². The normalized spacial score (nSPS) is 13.7. The maximum atomic E-state index is 11.2. The average molecular weight is 258 g/mol. The molecule has 0 aliphatic rings. The van der Waals surface area contributed by atoms with Gasteiger partial charge in [-0.3, -0.25) is 0 Å². The van der Waals surface area contributed by atoms with Crippen LogP contribution in [0, 0.1) is 0 Å². The second kappa shape index (κ2) is 4.77. The molecule has 0 heterocycles. The minimum Gasteiger partial charge on any atom is -1.00 e. The summed E-state index contributed by atoms with van der Waals surface area (Å²) in [4.78, 5) is 0. The number of halogens is 6. The quantitative estimate of drug-likeness (QED) is 0.248. The Morgan fingerprint density at radius 1 is 1.00 bits per heavy atom. The minimum absolute atomic E-state index is 0. The van der Waals surface area contributed by atoms with E-state index in [1.165, 1.54) is 0 Å². The maximum Gasteiger partial charge on any atom is 1.00 e. The van der Waals surface area contributed by atoms with Gasteiger partial charge in [0.25, 0.3) is 0 Å². The summed E-state index contributed by atoms with van der Waals surface area (Å²) in [6.07, 6.45) is -5.87. The molecule has 0 fully saturated rings. The van der Waals surface area contributed by atoms with Crippen molar-refractivity contribution in [1.29, 1.82) is 0 Å². The largest absolute Gasteiger partial charge is 1.00 e. The predicted octanol–water partition coefficient (Wildman–Crippen LogP) is -1.51. The van der Waals surface area contributed by atoms with Crippen LogP contribution in [0.4, 0.5) is 26.3 Å². The Balaban J connectivity index is -0.000000605. The summed E-state index contributed by atoms with van der Waals surface area (Å²) >= 11 is 0. The molecule has 0 bridgehead atoms. The van der Waals surface area contributed by atoms with Crippen LogP contribution in [0.3, 0.4) is 0 Å². The molecule has 0 amide bonds. The monoisotopic (exact) mass is 258 g/mol. The van der Waals surface area contributed by atoms with Gasteiger partial charge in [-0.05, 0) is 0 Å². The van der Waals surface area contributed by atoms with Gasteiger partial charge >= 0.3 is 73.4 Å². The van der Waals surface area contributed by atoms with Crippen molar-refractivity contribution in [3.05, 3.63) is 0 Å². The Hall–Kier alpha value is 1.13. The topological polar surface area (TPSA) is 43.4 Å². The van der Waals surface area contributed by atoms with Crippen molar-refractivity contribution in [3.63, 3.8) is 0 Å². The van der Waals surface area contributed by atoms with Crippen LogP contribution >= 0.6 is 0 Å². The van der Waals surface area contributed by atoms with Gasteiger partial charge in [0, 0.05) is 0 Å². The van der Waals surface area contributed by atoms with Crippen LogP contribution in [0.1, 0.15) is 1.43 Å². The molecule has 3 nitrogen and oxygen atoms in total. The van der Waals surface area contributed by atoms with Crippen LogP contribution in [0.25, 0.3) is 0 Å². The smallest absolute Gasteiger partial charge is 1.00 e. The fourth-order valence-corrected chi connectivity index (χ4v) is 0.515. The Kier molecular flexibility index (Phi) is 6.07. The molecule has 0 aromatic rings. The number of rotatable bonds is 1. The summed E-state index contributed by atoms with van der Waals surface area (Å²) in [5.74, 6) is 0. The van der Waals surface area contributed by atoms with Gasteiger partial charge in [-0.1, -0.05) is 0 Å². The van der Waals surface area contributed by atoms with Crippen LogP contribution in [0.2, 0.25) is 0 Å². The Morgan fingerprint density at radius 2 is 1.31 bits per heavy atom. The van der Waals surface area contributed by atoms with Crippen LogP contribution in [0.15, 0.2) is 0 Å². The summed E-state index contributed by atoms with van der Waals surface area (Å²) in [5.41, 5.74) is -6.07. The first-order chi connectivity index (χ1) is 4.96. The summed E-state index contributed by atoms with van der Waals surface area (Å²) in [7, 11) is -6.58. The van der Waals surface area contributed by atoms with E-state index in [1.54, 1.807) is 0 Å². The van der Waals surface area contributed by atoms with Crippen LogP contribution in [-0.2, 0) is 14.3 Å². The molecule has 0 saturated heterocycles. The molecule has 0 atom stereocenters. The Labute approximate surface area is 112 Å². The molecule has 0 aliphatic carbocycles. The zero-order valence-electron chi connectivity index (χ0n) is 6.90. The summed E-state index contributed by atoms with van der Waals surface area (Å²) < 4.78 is 87.4. The van der Waals surface area contributed by atoms with E-state index >= 15 is 0 Å². The molecule has 0 radical (unpaired) electrons. The van der Waals surface area contributed by atoms with Gasteiger partial charge in [-0.25, -0.2) is 0 Å². The van der Waals surface area contributed by atoms with Crippen molar-refractivity contribution >= 4 is 10.1 Å². The molecule has 0 aromatic heterocycles. The molecule has 76 valence electrons. The van der Waals surface area contributed by atoms with E-state index in [2.05, 4.69) is 0 Å².